The van der Waals surface area contributed by atoms with Gasteiger partial charge in [-0.1, -0.05) is 12.1 Å². The van der Waals surface area contributed by atoms with Crippen molar-refractivity contribution < 1.29 is 23.5 Å². The van der Waals surface area contributed by atoms with Gasteiger partial charge in [0.25, 0.3) is 0 Å². The van der Waals surface area contributed by atoms with E-state index in [1.807, 2.05) is 20.8 Å². The average Bonchev–Trinajstić information content (AvgIpc) is 2.71. The number of carbonyl (C=O) groups is 2. The Morgan fingerprint density at radius 2 is 1.90 bits per heavy atom. The fraction of sp³-hybridized carbons (Fsp3) is 0.318. The zero-order valence-corrected chi connectivity index (χ0v) is 19.2. The lowest BCUT2D eigenvalue weighted by Crippen LogP contribution is -2.21. The molecule has 9 heteroatoms. The highest BCUT2D eigenvalue weighted by Crippen LogP contribution is 2.37. The summed E-state index contributed by atoms with van der Waals surface area (Å²) in [6.45, 7) is 6.18. The summed E-state index contributed by atoms with van der Waals surface area (Å²) in [5.74, 6) is -0.284. The van der Waals surface area contributed by atoms with Crippen LogP contribution in [0, 0.1) is 5.82 Å². The topological polar surface area (TPSA) is 89.0 Å². The molecule has 0 saturated carbocycles. The number of nitrogens with zero attached hydrogens (tertiary/aromatic N) is 1. The third-order valence-corrected chi connectivity index (χ3v) is 4.40. The third-order valence-electron chi connectivity index (χ3n) is 3.82. The Balaban J connectivity index is 1.90. The number of halogens is 2. The van der Waals surface area contributed by atoms with E-state index in [-0.39, 0.29) is 24.6 Å². The molecule has 0 aliphatic heterocycles. The molecule has 2 aromatic rings. The minimum atomic E-state index is -0.535. The van der Waals surface area contributed by atoms with Gasteiger partial charge in [0, 0.05) is 12.8 Å². The minimum absolute atomic E-state index is 0.0232. The summed E-state index contributed by atoms with van der Waals surface area (Å²) in [7, 11) is 0. The molecule has 31 heavy (non-hydrogen) atoms. The lowest BCUT2D eigenvalue weighted by Gasteiger charge is -2.16. The second kappa shape index (κ2) is 12.0. The van der Waals surface area contributed by atoms with Crippen molar-refractivity contribution in [2.75, 3.05) is 11.9 Å². The van der Waals surface area contributed by atoms with Gasteiger partial charge in [-0.05, 0) is 66.5 Å². The predicted octanol–water partition coefficient (Wildman–Crippen LogP) is 4.64. The zero-order valence-electron chi connectivity index (χ0n) is 17.6. The smallest absolute Gasteiger partial charge is 0.240 e. The highest BCUT2D eigenvalue weighted by atomic mass is 79.9. The Labute approximate surface area is 189 Å². The predicted molar refractivity (Wildman–Crippen MR) is 121 cm³/mol. The highest BCUT2D eigenvalue weighted by molar-refractivity contribution is 9.10. The van der Waals surface area contributed by atoms with Crippen molar-refractivity contribution in [2.45, 2.75) is 39.7 Å². The maximum Gasteiger partial charge on any atom is 0.240 e. The number of hydrogen-bond donors (Lipinski definition) is 2. The number of para-hydroxylation sites is 1. The van der Waals surface area contributed by atoms with Crippen LogP contribution in [0.5, 0.6) is 11.5 Å². The molecular formula is C22H25BrFN3O4. The molecule has 2 aromatic carbocycles. The average molecular weight is 494 g/mol. The number of rotatable bonds is 10. The summed E-state index contributed by atoms with van der Waals surface area (Å²) >= 11 is 3.47. The van der Waals surface area contributed by atoms with Crippen molar-refractivity contribution in [1.29, 1.82) is 0 Å². The number of carbonyl (C=O) groups excluding carboxylic acids is 2. The lowest BCUT2D eigenvalue weighted by molar-refractivity contribution is -0.124. The van der Waals surface area contributed by atoms with Crippen molar-refractivity contribution in [3.05, 3.63) is 52.3 Å². The number of ether oxygens (including phenoxy) is 2. The van der Waals surface area contributed by atoms with Gasteiger partial charge in [0.2, 0.25) is 11.8 Å². The summed E-state index contributed by atoms with van der Waals surface area (Å²) in [4.78, 5) is 23.8. The van der Waals surface area contributed by atoms with E-state index in [0.29, 0.717) is 28.1 Å². The quantitative estimate of drug-likeness (QED) is 0.372. The molecule has 166 valence electrons. The van der Waals surface area contributed by atoms with Crippen LogP contribution in [0.25, 0.3) is 0 Å². The molecule has 0 aliphatic carbocycles. The first-order valence-corrected chi connectivity index (χ1v) is 10.6. The van der Waals surface area contributed by atoms with E-state index < -0.39 is 17.6 Å². The zero-order chi connectivity index (χ0) is 22.8. The summed E-state index contributed by atoms with van der Waals surface area (Å²) < 4.78 is 25.7. The lowest BCUT2D eigenvalue weighted by atomic mass is 10.2. The second-order valence-electron chi connectivity index (χ2n) is 6.75. The molecule has 0 fully saturated rings. The number of anilines is 1. The molecule has 2 rings (SSSR count). The van der Waals surface area contributed by atoms with Gasteiger partial charge in [-0.25, -0.2) is 9.82 Å². The number of benzene rings is 2. The fourth-order valence-corrected chi connectivity index (χ4v) is 3.07. The Morgan fingerprint density at radius 1 is 1.19 bits per heavy atom. The van der Waals surface area contributed by atoms with Crippen LogP contribution in [0.15, 0.2) is 46.0 Å². The van der Waals surface area contributed by atoms with E-state index in [1.54, 1.807) is 18.2 Å². The number of hydrazone groups is 1. The standard InChI is InChI=1S/C22H25BrFN3O4/c1-4-30-19-12-15(11-16(23)22(19)31-14(2)3)13-25-27-21(29)10-9-20(28)26-18-8-6-5-7-17(18)24/h5-8,11-14H,4,9-10H2,1-3H3,(H,26,28)(H,27,29). The Bertz CT molecular complexity index is 950. The van der Waals surface area contributed by atoms with Crippen LogP contribution in [-0.2, 0) is 9.59 Å². The molecule has 2 amide bonds. The van der Waals surface area contributed by atoms with Gasteiger partial charge >= 0.3 is 0 Å². The minimum Gasteiger partial charge on any atom is -0.490 e. The SMILES string of the molecule is CCOc1cc(C=NNC(=O)CCC(=O)Nc2ccccc2F)cc(Br)c1OC(C)C. The molecule has 0 spiro atoms. The van der Waals surface area contributed by atoms with Crippen LogP contribution >= 0.6 is 15.9 Å². The van der Waals surface area contributed by atoms with Crippen LogP contribution in [0.1, 0.15) is 39.2 Å². The third kappa shape index (κ3) is 8.01. The van der Waals surface area contributed by atoms with Crippen LogP contribution in [0.4, 0.5) is 10.1 Å². The van der Waals surface area contributed by atoms with Crippen LogP contribution in [0.3, 0.4) is 0 Å². The van der Waals surface area contributed by atoms with Gasteiger partial charge in [0.1, 0.15) is 5.82 Å². The van der Waals surface area contributed by atoms with Gasteiger partial charge in [0.15, 0.2) is 11.5 Å². The maximum atomic E-state index is 13.5. The van der Waals surface area contributed by atoms with Crippen LogP contribution in [-0.4, -0.2) is 30.7 Å². The molecule has 0 unspecified atom stereocenters. The van der Waals surface area contributed by atoms with Crippen molar-refractivity contribution >= 4 is 39.6 Å². The molecule has 0 saturated heterocycles. The Kier molecular flexibility index (Phi) is 9.45. The molecule has 2 N–H and O–H groups in total. The molecule has 0 heterocycles. The van der Waals surface area contributed by atoms with Gasteiger partial charge in [-0.3, -0.25) is 9.59 Å². The first-order valence-electron chi connectivity index (χ1n) is 9.79. The van der Waals surface area contributed by atoms with Gasteiger partial charge in [-0.15, -0.1) is 0 Å². The molecule has 0 aromatic heterocycles. The van der Waals surface area contributed by atoms with E-state index in [9.17, 15) is 14.0 Å². The fourth-order valence-electron chi connectivity index (χ4n) is 2.51. The Morgan fingerprint density at radius 3 is 2.58 bits per heavy atom. The van der Waals surface area contributed by atoms with E-state index in [0.717, 1.165) is 0 Å². The molecule has 0 atom stereocenters. The second-order valence-corrected chi connectivity index (χ2v) is 7.61. The van der Waals surface area contributed by atoms with Crippen molar-refractivity contribution in [3.8, 4) is 11.5 Å². The van der Waals surface area contributed by atoms with Gasteiger partial charge < -0.3 is 14.8 Å². The monoisotopic (exact) mass is 493 g/mol. The van der Waals surface area contributed by atoms with E-state index >= 15 is 0 Å². The van der Waals surface area contributed by atoms with E-state index in [1.165, 1.54) is 24.4 Å². The summed E-state index contributed by atoms with van der Waals surface area (Å²) in [6.07, 6.45) is 1.25. The van der Waals surface area contributed by atoms with Gasteiger partial charge in [0.05, 0.1) is 29.1 Å². The number of amides is 2. The van der Waals surface area contributed by atoms with Crippen LogP contribution in [0.2, 0.25) is 0 Å². The first-order chi connectivity index (χ1) is 14.8. The summed E-state index contributed by atoms with van der Waals surface area (Å²) in [5.41, 5.74) is 3.13. The highest BCUT2D eigenvalue weighted by Gasteiger charge is 2.13. The maximum absolute atomic E-state index is 13.5. The number of hydrogen-bond acceptors (Lipinski definition) is 5. The van der Waals surface area contributed by atoms with Gasteiger partial charge in [-0.2, -0.15) is 5.10 Å². The van der Waals surface area contributed by atoms with E-state index in [2.05, 4.69) is 31.8 Å². The van der Waals surface area contributed by atoms with Crippen molar-refractivity contribution in [3.63, 3.8) is 0 Å². The number of nitrogens with one attached hydrogen (secondary N) is 2. The first kappa shape index (κ1) is 24.3. The Hall–Kier alpha value is -2.94. The van der Waals surface area contributed by atoms with Crippen molar-refractivity contribution in [2.24, 2.45) is 5.10 Å². The molecule has 7 nitrogen and oxygen atoms in total. The molecule has 0 bridgehead atoms. The van der Waals surface area contributed by atoms with Crippen molar-refractivity contribution in [1.82, 2.24) is 5.43 Å². The summed E-state index contributed by atoms with van der Waals surface area (Å²) in [6, 6.07) is 9.37. The largest absolute Gasteiger partial charge is 0.490 e. The molecule has 0 aliphatic rings. The van der Waals surface area contributed by atoms with Crippen LogP contribution < -0.4 is 20.2 Å². The normalized spacial score (nSPS) is 10.9. The summed E-state index contributed by atoms with van der Waals surface area (Å²) in [5, 5.41) is 6.34. The molecule has 0 radical (unpaired) electrons. The van der Waals surface area contributed by atoms with E-state index in [4.69, 9.17) is 9.47 Å². The molecular weight excluding hydrogens is 469 g/mol.